The van der Waals surface area contributed by atoms with Gasteiger partial charge in [0.15, 0.2) is 0 Å². The van der Waals surface area contributed by atoms with Crippen LogP contribution in [0.25, 0.3) is 0 Å². The number of halogens is 2. The molecule has 2 aromatic rings. The summed E-state index contributed by atoms with van der Waals surface area (Å²) in [6, 6.07) is 6.91. The molecule has 116 valence electrons. The number of benzene rings is 1. The lowest BCUT2D eigenvalue weighted by molar-refractivity contribution is -0.120. The van der Waals surface area contributed by atoms with E-state index in [1.807, 2.05) is 19.1 Å². The highest BCUT2D eigenvalue weighted by Crippen LogP contribution is 2.09. The quantitative estimate of drug-likeness (QED) is 0.861. The van der Waals surface area contributed by atoms with Crippen molar-refractivity contribution in [3.63, 3.8) is 0 Å². The topological polar surface area (TPSA) is 54.0 Å². The summed E-state index contributed by atoms with van der Waals surface area (Å²) in [7, 11) is 0. The molecular formula is C16H17F2N3O. The molecule has 1 aromatic carbocycles. The molecule has 1 aromatic heterocycles. The number of amides is 1. The molecule has 0 radical (unpaired) electrons. The Labute approximate surface area is 127 Å². The Bertz CT molecular complexity index is 614. The number of carbonyl (C=O) groups excluding carboxylic acids is 1. The molecule has 4 nitrogen and oxygen atoms in total. The van der Waals surface area contributed by atoms with Crippen LogP contribution >= 0.6 is 0 Å². The van der Waals surface area contributed by atoms with Crippen LogP contribution in [0.3, 0.4) is 0 Å². The lowest BCUT2D eigenvalue weighted by Crippen LogP contribution is -2.34. The fraction of sp³-hybridized carbons (Fsp3) is 0.250. The van der Waals surface area contributed by atoms with E-state index in [1.165, 1.54) is 12.1 Å². The third kappa shape index (κ3) is 4.89. The number of nitrogens with one attached hydrogen (secondary N) is 2. The average Bonchev–Trinajstić information content (AvgIpc) is 2.50. The van der Waals surface area contributed by atoms with Gasteiger partial charge in [0.2, 0.25) is 5.91 Å². The number of hydrogen-bond acceptors (Lipinski definition) is 3. The Kier molecular flexibility index (Phi) is 5.55. The van der Waals surface area contributed by atoms with Gasteiger partial charge in [-0.05, 0) is 42.3 Å². The molecule has 1 amide bonds. The average molecular weight is 305 g/mol. The third-order valence-corrected chi connectivity index (χ3v) is 3.19. The number of aromatic nitrogens is 1. The van der Waals surface area contributed by atoms with Gasteiger partial charge >= 0.3 is 0 Å². The molecular weight excluding hydrogens is 288 g/mol. The van der Waals surface area contributed by atoms with E-state index >= 15 is 0 Å². The molecule has 0 saturated carbocycles. The zero-order valence-corrected chi connectivity index (χ0v) is 12.1. The summed E-state index contributed by atoms with van der Waals surface area (Å²) in [4.78, 5) is 15.7. The molecule has 0 unspecified atom stereocenters. The van der Waals surface area contributed by atoms with Crippen LogP contribution in [0, 0.1) is 11.6 Å². The largest absolute Gasteiger partial charge is 0.351 e. The van der Waals surface area contributed by atoms with Gasteiger partial charge in [-0.1, -0.05) is 0 Å². The standard InChI is InChI=1S/C16H17F2N3O/c1-11(13-2-4-19-5-3-13)20-10-16(22)21-9-12-6-14(17)8-15(18)7-12/h2-8,11,20H,9-10H2,1H3,(H,21,22)/t11-/m0/s1. The van der Waals surface area contributed by atoms with Crippen molar-refractivity contribution in [3.05, 3.63) is 65.5 Å². The van der Waals surface area contributed by atoms with Gasteiger partial charge in [0.05, 0.1) is 6.54 Å². The maximum Gasteiger partial charge on any atom is 0.234 e. The molecule has 22 heavy (non-hydrogen) atoms. The van der Waals surface area contributed by atoms with Crippen LogP contribution in [0.4, 0.5) is 8.78 Å². The molecule has 0 aliphatic carbocycles. The molecule has 0 aliphatic heterocycles. The molecule has 0 aliphatic rings. The van der Waals surface area contributed by atoms with Gasteiger partial charge in [-0.25, -0.2) is 8.78 Å². The molecule has 2 N–H and O–H groups in total. The zero-order chi connectivity index (χ0) is 15.9. The predicted octanol–water partition coefficient (Wildman–Crippen LogP) is 2.33. The number of pyridine rings is 1. The van der Waals surface area contributed by atoms with E-state index in [0.717, 1.165) is 11.6 Å². The van der Waals surface area contributed by atoms with Crippen molar-refractivity contribution in [1.29, 1.82) is 0 Å². The lowest BCUT2D eigenvalue weighted by atomic mass is 10.1. The first kappa shape index (κ1) is 16.0. The number of carbonyl (C=O) groups is 1. The molecule has 2 rings (SSSR count). The molecule has 0 bridgehead atoms. The van der Waals surface area contributed by atoms with Crippen molar-refractivity contribution in [2.75, 3.05) is 6.54 Å². The van der Waals surface area contributed by atoms with Crippen molar-refractivity contribution in [2.24, 2.45) is 0 Å². The maximum atomic E-state index is 13.0. The fourth-order valence-corrected chi connectivity index (χ4v) is 1.99. The predicted molar refractivity (Wildman–Crippen MR) is 78.9 cm³/mol. The summed E-state index contributed by atoms with van der Waals surface area (Å²) in [5.41, 5.74) is 1.41. The van der Waals surface area contributed by atoms with Gasteiger partial charge in [-0.15, -0.1) is 0 Å². The lowest BCUT2D eigenvalue weighted by Gasteiger charge is -2.14. The number of rotatable bonds is 6. The second-order valence-corrected chi connectivity index (χ2v) is 4.94. The Morgan fingerprint density at radius 1 is 1.18 bits per heavy atom. The summed E-state index contributed by atoms with van der Waals surface area (Å²) in [5.74, 6) is -1.56. The normalized spacial score (nSPS) is 12.0. The second kappa shape index (κ2) is 7.61. The van der Waals surface area contributed by atoms with Crippen LogP contribution in [0.2, 0.25) is 0 Å². The van der Waals surface area contributed by atoms with Gasteiger partial charge in [0, 0.05) is 31.0 Å². The van der Waals surface area contributed by atoms with E-state index in [1.54, 1.807) is 12.4 Å². The van der Waals surface area contributed by atoms with E-state index < -0.39 is 11.6 Å². The monoisotopic (exact) mass is 305 g/mol. The van der Waals surface area contributed by atoms with Crippen LogP contribution in [0.5, 0.6) is 0 Å². The molecule has 0 spiro atoms. The van der Waals surface area contributed by atoms with Crippen LogP contribution in [0.1, 0.15) is 24.1 Å². The number of nitrogens with zero attached hydrogens (tertiary/aromatic N) is 1. The first-order valence-corrected chi connectivity index (χ1v) is 6.89. The fourth-order valence-electron chi connectivity index (χ4n) is 1.99. The summed E-state index contributed by atoms with van der Waals surface area (Å²) >= 11 is 0. The van der Waals surface area contributed by atoms with Crippen LogP contribution in [0.15, 0.2) is 42.7 Å². The summed E-state index contributed by atoms with van der Waals surface area (Å²) in [6.07, 6.45) is 3.37. The molecule has 0 saturated heterocycles. The Hall–Kier alpha value is -2.34. The highest BCUT2D eigenvalue weighted by molar-refractivity contribution is 5.78. The van der Waals surface area contributed by atoms with Crippen molar-refractivity contribution in [1.82, 2.24) is 15.6 Å². The molecule has 6 heteroatoms. The van der Waals surface area contributed by atoms with E-state index in [9.17, 15) is 13.6 Å². The molecule has 1 atom stereocenters. The summed E-state index contributed by atoms with van der Waals surface area (Å²) in [5, 5.41) is 5.68. The Morgan fingerprint density at radius 3 is 2.45 bits per heavy atom. The van der Waals surface area contributed by atoms with Gasteiger partial charge in [0.25, 0.3) is 0 Å². The highest BCUT2D eigenvalue weighted by atomic mass is 19.1. The minimum absolute atomic E-state index is 0.000337. The van der Waals surface area contributed by atoms with E-state index in [4.69, 9.17) is 0 Å². The SMILES string of the molecule is C[C@H](NCC(=O)NCc1cc(F)cc(F)c1)c1ccncc1. The van der Waals surface area contributed by atoms with E-state index in [2.05, 4.69) is 15.6 Å². The first-order chi connectivity index (χ1) is 10.5. The molecule has 1 heterocycles. The molecule has 0 fully saturated rings. The minimum Gasteiger partial charge on any atom is -0.351 e. The third-order valence-electron chi connectivity index (χ3n) is 3.19. The Balaban J connectivity index is 1.78. The maximum absolute atomic E-state index is 13.0. The Morgan fingerprint density at radius 2 is 1.82 bits per heavy atom. The van der Waals surface area contributed by atoms with Gasteiger partial charge < -0.3 is 10.6 Å². The zero-order valence-electron chi connectivity index (χ0n) is 12.1. The first-order valence-electron chi connectivity index (χ1n) is 6.89. The highest BCUT2D eigenvalue weighted by Gasteiger charge is 2.08. The van der Waals surface area contributed by atoms with E-state index in [0.29, 0.717) is 5.56 Å². The van der Waals surface area contributed by atoms with Crippen LogP contribution < -0.4 is 10.6 Å². The van der Waals surface area contributed by atoms with Gasteiger partial charge in [-0.2, -0.15) is 0 Å². The van der Waals surface area contributed by atoms with Crippen molar-refractivity contribution in [2.45, 2.75) is 19.5 Å². The van der Waals surface area contributed by atoms with Gasteiger partial charge in [0.1, 0.15) is 11.6 Å². The van der Waals surface area contributed by atoms with E-state index in [-0.39, 0.29) is 25.0 Å². The van der Waals surface area contributed by atoms with Crippen LogP contribution in [-0.2, 0) is 11.3 Å². The van der Waals surface area contributed by atoms with Crippen molar-refractivity contribution in [3.8, 4) is 0 Å². The van der Waals surface area contributed by atoms with Gasteiger partial charge in [-0.3, -0.25) is 9.78 Å². The van der Waals surface area contributed by atoms with Crippen molar-refractivity contribution >= 4 is 5.91 Å². The summed E-state index contributed by atoms with van der Waals surface area (Å²) < 4.78 is 26.0. The second-order valence-electron chi connectivity index (χ2n) is 4.94. The smallest absolute Gasteiger partial charge is 0.234 e. The van der Waals surface area contributed by atoms with Crippen molar-refractivity contribution < 1.29 is 13.6 Å². The minimum atomic E-state index is -0.659. The summed E-state index contributed by atoms with van der Waals surface area (Å²) in [6.45, 7) is 2.13. The van der Waals surface area contributed by atoms with Crippen LogP contribution in [-0.4, -0.2) is 17.4 Å². The number of hydrogen-bond donors (Lipinski definition) is 2.